The van der Waals surface area contributed by atoms with Crippen LogP contribution in [-0.2, 0) is 0 Å². The van der Waals surface area contributed by atoms with Gasteiger partial charge < -0.3 is 5.32 Å². The molecule has 0 saturated heterocycles. The zero-order valence-corrected chi connectivity index (χ0v) is 11.1. The van der Waals surface area contributed by atoms with Crippen LogP contribution in [0, 0.1) is 11.6 Å². The van der Waals surface area contributed by atoms with Gasteiger partial charge in [-0.05, 0) is 43.5 Å². The van der Waals surface area contributed by atoms with Crippen molar-refractivity contribution in [2.24, 2.45) is 0 Å². The summed E-state index contributed by atoms with van der Waals surface area (Å²) < 4.78 is 26.9. The third-order valence-corrected chi connectivity index (χ3v) is 3.54. The highest BCUT2D eigenvalue weighted by atomic mass is 32.2. The van der Waals surface area contributed by atoms with Crippen LogP contribution in [0.3, 0.4) is 0 Å². The van der Waals surface area contributed by atoms with Gasteiger partial charge in [0.2, 0.25) is 0 Å². The van der Waals surface area contributed by atoms with E-state index in [-0.39, 0.29) is 11.6 Å². The second-order valence-electron chi connectivity index (χ2n) is 3.86. The summed E-state index contributed by atoms with van der Waals surface area (Å²) in [6.45, 7) is 4.69. The Morgan fingerprint density at radius 3 is 2.53 bits per heavy atom. The summed E-state index contributed by atoms with van der Waals surface area (Å²) in [5, 5.41) is 3.15. The molecule has 1 aromatic rings. The zero-order valence-electron chi connectivity index (χ0n) is 10.3. The molecule has 0 heterocycles. The van der Waals surface area contributed by atoms with E-state index in [9.17, 15) is 8.78 Å². The van der Waals surface area contributed by atoms with Crippen molar-refractivity contribution in [2.45, 2.75) is 26.3 Å². The molecule has 0 spiro atoms. The molecule has 1 nitrogen and oxygen atoms in total. The number of thioether (sulfide) groups is 1. The zero-order chi connectivity index (χ0) is 12.7. The molecule has 0 aliphatic carbocycles. The summed E-state index contributed by atoms with van der Waals surface area (Å²) in [5.74, 6) is 1.23. The lowest BCUT2D eigenvalue weighted by atomic mass is 10.1. The van der Waals surface area contributed by atoms with Gasteiger partial charge in [-0.15, -0.1) is 0 Å². The van der Waals surface area contributed by atoms with Crippen molar-refractivity contribution in [3.8, 4) is 0 Å². The molecule has 0 fully saturated rings. The monoisotopic (exact) mass is 259 g/mol. The molecule has 1 unspecified atom stereocenters. The standard InChI is InChI=1S/C13H19F2NS/c1-3-17-9-5-8-16-10(2)13-11(14)6-4-7-12(13)15/h4,6-7,10,16H,3,5,8-9H2,1-2H3. The number of hydrogen-bond donors (Lipinski definition) is 1. The van der Waals surface area contributed by atoms with Gasteiger partial charge >= 0.3 is 0 Å². The van der Waals surface area contributed by atoms with Gasteiger partial charge in [-0.25, -0.2) is 8.78 Å². The van der Waals surface area contributed by atoms with Gasteiger partial charge in [0.05, 0.1) is 0 Å². The number of benzene rings is 1. The van der Waals surface area contributed by atoms with E-state index in [1.807, 2.05) is 11.8 Å². The van der Waals surface area contributed by atoms with E-state index >= 15 is 0 Å². The highest BCUT2D eigenvalue weighted by molar-refractivity contribution is 7.99. The van der Waals surface area contributed by atoms with Crippen LogP contribution in [0.1, 0.15) is 31.9 Å². The molecule has 0 aliphatic heterocycles. The molecule has 0 saturated carbocycles. The third-order valence-electron chi connectivity index (χ3n) is 2.55. The topological polar surface area (TPSA) is 12.0 Å². The lowest BCUT2D eigenvalue weighted by molar-refractivity contribution is 0.488. The summed E-state index contributed by atoms with van der Waals surface area (Å²) >= 11 is 1.87. The van der Waals surface area contributed by atoms with E-state index in [2.05, 4.69) is 12.2 Å². The smallest absolute Gasteiger partial charge is 0.130 e. The van der Waals surface area contributed by atoms with Crippen molar-refractivity contribution in [2.75, 3.05) is 18.1 Å². The fourth-order valence-electron chi connectivity index (χ4n) is 1.66. The maximum atomic E-state index is 13.4. The van der Waals surface area contributed by atoms with Gasteiger partial charge in [0, 0.05) is 11.6 Å². The number of rotatable bonds is 7. The first kappa shape index (κ1) is 14.5. The van der Waals surface area contributed by atoms with Gasteiger partial charge in [0.15, 0.2) is 0 Å². The second-order valence-corrected chi connectivity index (χ2v) is 5.26. The fourth-order valence-corrected chi connectivity index (χ4v) is 2.30. The van der Waals surface area contributed by atoms with Crippen LogP contribution in [0.15, 0.2) is 18.2 Å². The van der Waals surface area contributed by atoms with Crippen LogP contribution in [0.2, 0.25) is 0 Å². The predicted octanol–water partition coefficient (Wildman–Crippen LogP) is 3.76. The molecule has 0 amide bonds. The quantitative estimate of drug-likeness (QED) is 0.748. The Bertz CT molecular complexity index is 324. The van der Waals surface area contributed by atoms with Crippen LogP contribution < -0.4 is 5.32 Å². The van der Waals surface area contributed by atoms with E-state index in [0.29, 0.717) is 0 Å². The SMILES string of the molecule is CCSCCCNC(C)c1c(F)cccc1F. The van der Waals surface area contributed by atoms with Crippen molar-refractivity contribution in [3.05, 3.63) is 35.4 Å². The molecule has 17 heavy (non-hydrogen) atoms. The minimum Gasteiger partial charge on any atom is -0.310 e. The van der Waals surface area contributed by atoms with Crippen molar-refractivity contribution in [1.82, 2.24) is 5.32 Å². The first-order valence-corrected chi connectivity index (χ1v) is 7.07. The second kappa shape index (κ2) is 7.67. The third kappa shape index (κ3) is 4.64. The van der Waals surface area contributed by atoms with E-state index in [1.165, 1.54) is 18.2 Å². The lowest BCUT2D eigenvalue weighted by Gasteiger charge is -2.15. The average molecular weight is 259 g/mol. The van der Waals surface area contributed by atoms with E-state index in [1.54, 1.807) is 6.92 Å². The summed E-state index contributed by atoms with van der Waals surface area (Å²) in [4.78, 5) is 0. The Morgan fingerprint density at radius 1 is 1.29 bits per heavy atom. The molecule has 1 aromatic carbocycles. The van der Waals surface area contributed by atoms with Gasteiger partial charge in [0.25, 0.3) is 0 Å². The molecule has 1 N–H and O–H groups in total. The number of nitrogens with one attached hydrogen (secondary N) is 1. The van der Waals surface area contributed by atoms with Crippen molar-refractivity contribution >= 4 is 11.8 Å². The minimum atomic E-state index is -0.479. The lowest BCUT2D eigenvalue weighted by Crippen LogP contribution is -2.22. The van der Waals surface area contributed by atoms with Gasteiger partial charge in [0.1, 0.15) is 11.6 Å². The molecule has 0 aromatic heterocycles. The van der Waals surface area contributed by atoms with Crippen molar-refractivity contribution < 1.29 is 8.78 Å². The molecule has 4 heteroatoms. The summed E-state index contributed by atoms with van der Waals surface area (Å²) in [6, 6.07) is 3.69. The van der Waals surface area contributed by atoms with Crippen LogP contribution in [-0.4, -0.2) is 18.1 Å². The molecule has 1 atom stereocenters. The fraction of sp³-hybridized carbons (Fsp3) is 0.538. The maximum Gasteiger partial charge on any atom is 0.130 e. The van der Waals surface area contributed by atoms with Crippen molar-refractivity contribution in [3.63, 3.8) is 0 Å². The maximum absolute atomic E-state index is 13.4. The predicted molar refractivity (Wildman–Crippen MR) is 70.4 cm³/mol. The molecule has 1 rings (SSSR count). The van der Waals surface area contributed by atoms with Crippen molar-refractivity contribution in [1.29, 1.82) is 0 Å². The van der Waals surface area contributed by atoms with E-state index in [0.717, 1.165) is 24.5 Å². The molecule has 0 radical (unpaired) electrons. The first-order valence-electron chi connectivity index (χ1n) is 5.91. The van der Waals surface area contributed by atoms with E-state index < -0.39 is 11.6 Å². The number of halogens is 2. The average Bonchev–Trinajstić information content (AvgIpc) is 2.28. The molecular weight excluding hydrogens is 240 g/mol. The molecule has 0 aliphatic rings. The molecule has 96 valence electrons. The van der Waals surface area contributed by atoms with Gasteiger partial charge in [-0.2, -0.15) is 11.8 Å². The Kier molecular flexibility index (Phi) is 6.52. The molecular formula is C13H19F2NS. The van der Waals surface area contributed by atoms with Gasteiger partial charge in [-0.1, -0.05) is 13.0 Å². The van der Waals surface area contributed by atoms with E-state index in [4.69, 9.17) is 0 Å². The summed E-state index contributed by atoms with van der Waals surface area (Å²) in [7, 11) is 0. The highest BCUT2D eigenvalue weighted by Crippen LogP contribution is 2.20. The van der Waals surface area contributed by atoms with Crippen LogP contribution in [0.25, 0.3) is 0 Å². The Balaban J connectivity index is 2.44. The minimum absolute atomic E-state index is 0.135. The normalized spacial score (nSPS) is 12.7. The van der Waals surface area contributed by atoms with Crippen LogP contribution in [0.4, 0.5) is 8.78 Å². The summed E-state index contributed by atoms with van der Waals surface area (Å²) in [6.07, 6.45) is 1.01. The molecule has 0 bridgehead atoms. The Morgan fingerprint density at radius 2 is 1.94 bits per heavy atom. The first-order chi connectivity index (χ1) is 8.16. The largest absolute Gasteiger partial charge is 0.310 e. The Labute approximate surface area is 106 Å². The highest BCUT2D eigenvalue weighted by Gasteiger charge is 2.14. The Hall–Kier alpha value is -0.610. The number of hydrogen-bond acceptors (Lipinski definition) is 2. The van der Waals surface area contributed by atoms with Crippen LogP contribution >= 0.6 is 11.8 Å². The van der Waals surface area contributed by atoms with Gasteiger partial charge in [-0.3, -0.25) is 0 Å². The summed E-state index contributed by atoms with van der Waals surface area (Å²) in [5.41, 5.74) is 0.135. The van der Waals surface area contributed by atoms with Crippen LogP contribution in [0.5, 0.6) is 0 Å².